The van der Waals surface area contributed by atoms with Crippen LogP contribution in [-0.2, 0) is 6.54 Å². The summed E-state index contributed by atoms with van der Waals surface area (Å²) in [7, 11) is 0. The van der Waals surface area contributed by atoms with Gasteiger partial charge in [0.2, 0.25) is 0 Å². The van der Waals surface area contributed by atoms with Crippen molar-refractivity contribution in [1.29, 1.82) is 0 Å². The number of carbonyl (C=O) groups is 3. The summed E-state index contributed by atoms with van der Waals surface area (Å²) in [6, 6.07) is 18.0. The van der Waals surface area contributed by atoms with Gasteiger partial charge in [0.25, 0.3) is 17.4 Å². The van der Waals surface area contributed by atoms with Crippen molar-refractivity contribution in [3.8, 4) is 0 Å². The van der Waals surface area contributed by atoms with E-state index in [0.717, 1.165) is 12.1 Å². The number of carboxylic acids is 1. The third kappa shape index (κ3) is 3.98. The summed E-state index contributed by atoms with van der Waals surface area (Å²) in [5.41, 5.74) is 1.55. The van der Waals surface area contributed by atoms with E-state index in [4.69, 9.17) is 0 Å². The van der Waals surface area contributed by atoms with Crippen LogP contribution in [0.5, 0.6) is 0 Å². The van der Waals surface area contributed by atoms with Gasteiger partial charge in [0.1, 0.15) is 5.69 Å². The normalized spacial score (nSPS) is 18.6. The Morgan fingerprint density at radius 1 is 0.853 bits per heavy atom. The monoisotopic (exact) mass is 456 g/mol. The van der Waals surface area contributed by atoms with E-state index < -0.39 is 5.97 Å². The number of likely N-dealkylation sites (tertiary alicyclic amines) is 1. The van der Waals surface area contributed by atoms with Crippen LogP contribution >= 0.6 is 0 Å². The lowest BCUT2D eigenvalue weighted by Crippen LogP contribution is -2.49. The highest BCUT2D eigenvalue weighted by molar-refractivity contribution is 6.04. The molecule has 2 atom stereocenters. The fourth-order valence-corrected chi connectivity index (χ4v) is 4.95. The van der Waals surface area contributed by atoms with Crippen molar-refractivity contribution in [3.05, 3.63) is 99.5 Å². The molecule has 8 heteroatoms. The molecule has 1 N–H and O–H groups in total. The van der Waals surface area contributed by atoms with Crippen LogP contribution in [0.1, 0.15) is 49.1 Å². The number of aromatic carboxylic acids is 1. The van der Waals surface area contributed by atoms with Gasteiger partial charge in [-0.25, -0.2) is 0 Å². The highest BCUT2D eigenvalue weighted by atomic mass is 16.4. The SMILES string of the molecule is O=C([O-])c1cccc(C(=O)N2C[C@@H]3C[C@H](C2)c2ccc(NC(=O)c4ccccc4)c(=O)n2C3)c1. The molecule has 172 valence electrons. The standard InChI is InChI=1S/C26H23N3O5/c30-23(17-5-2-1-3-6-17)27-21-9-10-22-20-11-16(14-29(22)25(21)32)13-28(15-20)24(31)18-7-4-8-19(12-18)26(33)34/h1-10,12,16,20H,11,13-15H2,(H,27,30)(H,33,34)/p-1/t16-,20+/m0/s1. The third-order valence-electron chi connectivity index (χ3n) is 6.52. The average molecular weight is 456 g/mol. The Balaban J connectivity index is 1.37. The number of hydrogen-bond donors (Lipinski definition) is 1. The summed E-state index contributed by atoms with van der Waals surface area (Å²) in [6.45, 7) is 1.35. The topological polar surface area (TPSA) is 112 Å². The number of amides is 2. The summed E-state index contributed by atoms with van der Waals surface area (Å²) in [4.78, 5) is 51.6. The van der Waals surface area contributed by atoms with Gasteiger partial charge in [-0.1, -0.05) is 30.3 Å². The van der Waals surface area contributed by atoms with Crippen molar-refractivity contribution < 1.29 is 19.5 Å². The molecule has 3 heterocycles. The molecule has 2 bridgehead atoms. The van der Waals surface area contributed by atoms with Crippen LogP contribution in [-0.4, -0.2) is 40.3 Å². The molecule has 2 aliphatic heterocycles. The number of rotatable bonds is 4. The van der Waals surface area contributed by atoms with Gasteiger partial charge in [0, 0.05) is 42.4 Å². The van der Waals surface area contributed by atoms with Gasteiger partial charge >= 0.3 is 0 Å². The minimum atomic E-state index is -1.33. The maximum absolute atomic E-state index is 13.2. The van der Waals surface area contributed by atoms with Crippen LogP contribution in [0.2, 0.25) is 0 Å². The Hall–Kier alpha value is -4.20. The highest BCUT2D eigenvalue weighted by Crippen LogP contribution is 2.36. The molecule has 0 radical (unpaired) electrons. The van der Waals surface area contributed by atoms with Crippen LogP contribution in [0.25, 0.3) is 0 Å². The number of carboxylic acid groups (broad SMARTS) is 1. The Morgan fingerprint density at radius 2 is 1.59 bits per heavy atom. The van der Waals surface area contributed by atoms with Gasteiger partial charge in [-0.15, -0.1) is 0 Å². The van der Waals surface area contributed by atoms with E-state index in [1.807, 2.05) is 12.1 Å². The molecule has 1 saturated heterocycles. The molecule has 0 unspecified atom stereocenters. The predicted molar refractivity (Wildman–Crippen MR) is 123 cm³/mol. The first kappa shape index (κ1) is 21.6. The molecule has 0 saturated carbocycles. The number of hydrogen-bond acceptors (Lipinski definition) is 5. The quantitative estimate of drug-likeness (QED) is 0.643. The maximum Gasteiger partial charge on any atom is 0.274 e. The van der Waals surface area contributed by atoms with E-state index in [1.165, 1.54) is 18.2 Å². The molecule has 34 heavy (non-hydrogen) atoms. The maximum atomic E-state index is 13.2. The number of nitrogens with one attached hydrogen (secondary N) is 1. The first-order valence-electron chi connectivity index (χ1n) is 11.1. The van der Waals surface area contributed by atoms with Gasteiger partial charge < -0.3 is 24.7 Å². The second-order valence-electron chi connectivity index (χ2n) is 8.78. The molecule has 2 aromatic carbocycles. The van der Waals surface area contributed by atoms with Crippen LogP contribution in [0, 0.1) is 5.92 Å². The van der Waals surface area contributed by atoms with Gasteiger partial charge in [0.15, 0.2) is 0 Å². The molecule has 3 aromatic rings. The lowest BCUT2D eigenvalue weighted by Gasteiger charge is -2.43. The van der Waals surface area contributed by atoms with Crippen molar-refractivity contribution in [1.82, 2.24) is 9.47 Å². The van der Waals surface area contributed by atoms with Crippen LogP contribution in [0.15, 0.2) is 71.5 Å². The molecular weight excluding hydrogens is 434 g/mol. The summed E-state index contributed by atoms with van der Waals surface area (Å²) in [5.74, 6) is -1.84. The second-order valence-corrected chi connectivity index (χ2v) is 8.78. The van der Waals surface area contributed by atoms with Gasteiger partial charge in [-0.3, -0.25) is 14.4 Å². The van der Waals surface area contributed by atoms with Gasteiger partial charge in [-0.2, -0.15) is 0 Å². The minimum absolute atomic E-state index is 0.0210. The number of anilines is 1. The third-order valence-corrected chi connectivity index (χ3v) is 6.52. The number of fused-ring (bicyclic) bond motifs is 4. The number of aromatic nitrogens is 1. The lowest BCUT2D eigenvalue weighted by atomic mass is 9.83. The largest absolute Gasteiger partial charge is 0.545 e. The molecule has 0 spiro atoms. The average Bonchev–Trinajstić information content (AvgIpc) is 2.86. The highest BCUT2D eigenvalue weighted by Gasteiger charge is 2.37. The van der Waals surface area contributed by atoms with Crippen LogP contribution in [0.4, 0.5) is 5.69 Å². The predicted octanol–water partition coefficient (Wildman–Crippen LogP) is 1.72. The molecule has 2 aliphatic rings. The van der Waals surface area contributed by atoms with Crippen LogP contribution in [0.3, 0.4) is 0 Å². The van der Waals surface area contributed by atoms with Crippen molar-refractivity contribution in [2.75, 3.05) is 18.4 Å². The number of pyridine rings is 1. The first-order valence-corrected chi connectivity index (χ1v) is 11.1. The molecule has 5 rings (SSSR count). The second kappa shape index (κ2) is 8.62. The first-order chi connectivity index (χ1) is 16.4. The lowest BCUT2D eigenvalue weighted by molar-refractivity contribution is -0.255. The molecular formula is C26H22N3O5-. The molecule has 1 aromatic heterocycles. The van der Waals surface area contributed by atoms with E-state index in [-0.39, 0.29) is 40.5 Å². The van der Waals surface area contributed by atoms with E-state index in [2.05, 4.69) is 5.32 Å². The summed E-state index contributed by atoms with van der Waals surface area (Å²) >= 11 is 0. The van der Waals surface area contributed by atoms with Gasteiger partial charge in [-0.05, 0) is 54.3 Å². The zero-order chi connectivity index (χ0) is 23.8. The summed E-state index contributed by atoms with van der Waals surface area (Å²) in [6.07, 6.45) is 0.859. The zero-order valence-corrected chi connectivity index (χ0v) is 18.3. The number of nitrogens with zero attached hydrogens (tertiary/aromatic N) is 2. The number of benzene rings is 2. The van der Waals surface area contributed by atoms with E-state index in [0.29, 0.717) is 30.8 Å². The zero-order valence-electron chi connectivity index (χ0n) is 18.3. The van der Waals surface area contributed by atoms with Crippen LogP contribution < -0.4 is 16.0 Å². The van der Waals surface area contributed by atoms with Crippen molar-refractivity contribution >= 4 is 23.5 Å². The fraction of sp³-hybridized carbons (Fsp3) is 0.231. The van der Waals surface area contributed by atoms with E-state index >= 15 is 0 Å². The van der Waals surface area contributed by atoms with E-state index in [1.54, 1.807) is 45.9 Å². The number of piperidine rings is 1. The van der Waals surface area contributed by atoms with E-state index in [9.17, 15) is 24.3 Å². The smallest absolute Gasteiger partial charge is 0.274 e. The number of carbonyl (C=O) groups excluding carboxylic acids is 3. The Labute approximate surface area is 195 Å². The summed E-state index contributed by atoms with van der Waals surface area (Å²) in [5, 5.41) is 13.9. The Bertz CT molecular complexity index is 1350. The molecule has 0 aliphatic carbocycles. The van der Waals surface area contributed by atoms with Gasteiger partial charge in [0.05, 0.1) is 5.97 Å². The summed E-state index contributed by atoms with van der Waals surface area (Å²) < 4.78 is 1.71. The van der Waals surface area contributed by atoms with Crippen molar-refractivity contribution in [2.24, 2.45) is 5.92 Å². The Morgan fingerprint density at radius 3 is 2.35 bits per heavy atom. The molecule has 2 amide bonds. The van der Waals surface area contributed by atoms with Crippen molar-refractivity contribution in [2.45, 2.75) is 18.9 Å². The van der Waals surface area contributed by atoms with Crippen molar-refractivity contribution in [3.63, 3.8) is 0 Å². The minimum Gasteiger partial charge on any atom is -0.545 e. The fourth-order valence-electron chi connectivity index (χ4n) is 4.95. The molecule has 1 fully saturated rings. The Kier molecular flexibility index (Phi) is 5.49. The molecule has 8 nitrogen and oxygen atoms in total.